The normalized spacial score (nSPS) is 11.5. The summed E-state index contributed by atoms with van der Waals surface area (Å²) in [5.74, 6) is -3.06. The first kappa shape index (κ1) is 18.9. The van der Waals surface area contributed by atoms with Crippen LogP contribution in [0.5, 0.6) is 0 Å². The molecule has 0 rings (SSSR count). The van der Waals surface area contributed by atoms with Gasteiger partial charge in [-0.15, -0.1) is 0 Å². The first-order chi connectivity index (χ1) is 9.81. The van der Waals surface area contributed by atoms with E-state index in [-0.39, 0.29) is 45.1 Å². The zero-order chi connectivity index (χ0) is 16.3. The van der Waals surface area contributed by atoms with Crippen LogP contribution in [0.1, 0.15) is 45.4 Å². The lowest BCUT2D eigenvalue weighted by atomic mass is 10.2. The van der Waals surface area contributed by atoms with Crippen LogP contribution in [0.4, 0.5) is 0 Å². The first-order valence-corrected chi connectivity index (χ1v) is 6.60. The van der Waals surface area contributed by atoms with Crippen molar-refractivity contribution >= 4 is 23.9 Å². The molecule has 0 amide bonds. The van der Waals surface area contributed by atoms with Crippen LogP contribution in [-0.4, -0.2) is 46.8 Å². The van der Waals surface area contributed by atoms with Gasteiger partial charge in [-0.3, -0.25) is 19.2 Å². The molecule has 8 nitrogen and oxygen atoms in total. The zero-order valence-corrected chi connectivity index (χ0v) is 11.9. The van der Waals surface area contributed by atoms with Crippen molar-refractivity contribution in [3.8, 4) is 0 Å². The summed E-state index contributed by atoms with van der Waals surface area (Å²) in [4.78, 5) is 43.1. The molecule has 1 atom stereocenters. The third-order valence-electron chi connectivity index (χ3n) is 2.35. The summed E-state index contributed by atoms with van der Waals surface area (Å²) >= 11 is 0. The van der Waals surface area contributed by atoms with Gasteiger partial charge >= 0.3 is 23.9 Å². The van der Waals surface area contributed by atoms with Crippen molar-refractivity contribution in [1.82, 2.24) is 0 Å². The Morgan fingerprint density at radius 1 is 0.857 bits per heavy atom. The number of carbonyl (C=O) groups is 4. The van der Waals surface area contributed by atoms with Crippen LogP contribution in [0.25, 0.3) is 0 Å². The molecule has 0 saturated heterocycles. The molecule has 8 heteroatoms. The van der Waals surface area contributed by atoms with E-state index < -0.39 is 30.0 Å². The molecule has 0 radical (unpaired) electrons. The summed E-state index contributed by atoms with van der Waals surface area (Å²) in [6.45, 7) is 1.43. The predicted octanol–water partition coefficient (Wildman–Crippen LogP) is 0.971. The summed E-state index contributed by atoms with van der Waals surface area (Å²) in [5.41, 5.74) is 0. The summed E-state index contributed by atoms with van der Waals surface area (Å²) in [7, 11) is 0. The Balaban J connectivity index is 3.71. The molecule has 0 saturated carbocycles. The van der Waals surface area contributed by atoms with Gasteiger partial charge in [0.25, 0.3) is 0 Å². The number of hydrogen-bond donors (Lipinski definition) is 2. The molecule has 1 unspecified atom stereocenters. The highest BCUT2D eigenvalue weighted by molar-refractivity contribution is 5.72. The first-order valence-electron chi connectivity index (χ1n) is 6.60. The van der Waals surface area contributed by atoms with Crippen LogP contribution in [0, 0.1) is 0 Å². The lowest BCUT2D eigenvalue weighted by molar-refractivity contribution is -0.158. The number of carbonyl (C=O) groups excluding carboxylic acids is 2. The minimum Gasteiger partial charge on any atom is -0.481 e. The fraction of sp³-hybridized carbons (Fsp3) is 0.692. The van der Waals surface area contributed by atoms with Crippen molar-refractivity contribution in [2.75, 3.05) is 6.61 Å². The number of hydrogen-bond acceptors (Lipinski definition) is 6. The summed E-state index contributed by atoms with van der Waals surface area (Å²) in [6, 6.07) is 0. The van der Waals surface area contributed by atoms with Gasteiger partial charge in [-0.05, 0) is 19.8 Å². The Morgan fingerprint density at radius 2 is 1.33 bits per heavy atom. The second-order valence-corrected chi connectivity index (χ2v) is 4.48. The molecule has 0 aliphatic rings. The molecule has 0 aliphatic heterocycles. The highest BCUT2D eigenvalue weighted by Gasteiger charge is 2.13. The molecule has 0 aromatic rings. The van der Waals surface area contributed by atoms with E-state index in [4.69, 9.17) is 19.7 Å². The van der Waals surface area contributed by atoms with E-state index in [0.717, 1.165) is 0 Å². The number of esters is 2. The van der Waals surface area contributed by atoms with Crippen molar-refractivity contribution in [2.45, 2.75) is 51.6 Å². The van der Waals surface area contributed by atoms with Gasteiger partial charge < -0.3 is 19.7 Å². The van der Waals surface area contributed by atoms with E-state index in [1.54, 1.807) is 6.92 Å². The van der Waals surface area contributed by atoms with Gasteiger partial charge in [0, 0.05) is 25.7 Å². The lowest BCUT2D eigenvalue weighted by Gasteiger charge is -2.13. The maximum absolute atomic E-state index is 11.3. The van der Waals surface area contributed by atoms with Gasteiger partial charge in [-0.2, -0.15) is 0 Å². The Morgan fingerprint density at radius 3 is 1.81 bits per heavy atom. The standard InChI is InChI=1S/C13H20O8/c1-9(21-13(19)7-3-5-11(16)17)8-20-12(18)6-2-4-10(14)15/h9H,2-8H2,1H3,(H,14,15)(H,16,17). The molecule has 0 heterocycles. The van der Waals surface area contributed by atoms with Crippen LogP contribution in [0.2, 0.25) is 0 Å². The number of ether oxygens (including phenoxy) is 2. The summed E-state index contributed by atoms with van der Waals surface area (Å²) in [5, 5.41) is 16.8. The zero-order valence-electron chi connectivity index (χ0n) is 11.9. The van der Waals surface area contributed by atoms with E-state index in [2.05, 4.69) is 0 Å². The van der Waals surface area contributed by atoms with Crippen LogP contribution in [0.15, 0.2) is 0 Å². The Hall–Kier alpha value is -2.12. The quantitative estimate of drug-likeness (QED) is 0.540. The molecule has 0 aromatic heterocycles. The van der Waals surface area contributed by atoms with Crippen molar-refractivity contribution in [3.05, 3.63) is 0 Å². The molecule has 0 spiro atoms. The van der Waals surface area contributed by atoms with Crippen LogP contribution < -0.4 is 0 Å². The molecule has 0 bridgehead atoms. The minimum atomic E-state index is -0.980. The summed E-state index contributed by atoms with van der Waals surface area (Å²) in [6.07, 6.45) is -0.487. The van der Waals surface area contributed by atoms with E-state index in [9.17, 15) is 19.2 Å². The number of aliphatic carboxylic acids is 2. The predicted molar refractivity (Wildman–Crippen MR) is 69.5 cm³/mol. The average molecular weight is 304 g/mol. The second kappa shape index (κ2) is 10.6. The van der Waals surface area contributed by atoms with E-state index >= 15 is 0 Å². The Labute approximate surface area is 122 Å². The van der Waals surface area contributed by atoms with Crippen molar-refractivity contribution in [1.29, 1.82) is 0 Å². The number of carboxylic acid groups (broad SMARTS) is 2. The van der Waals surface area contributed by atoms with E-state index in [1.807, 2.05) is 0 Å². The Bertz CT molecular complexity index is 376. The van der Waals surface area contributed by atoms with Gasteiger partial charge in [0.05, 0.1) is 0 Å². The maximum Gasteiger partial charge on any atom is 0.306 e. The maximum atomic E-state index is 11.3. The SMILES string of the molecule is CC(COC(=O)CCCC(=O)O)OC(=O)CCCC(=O)O. The highest BCUT2D eigenvalue weighted by Crippen LogP contribution is 2.03. The number of carboxylic acids is 2. The van der Waals surface area contributed by atoms with Gasteiger partial charge in [-0.25, -0.2) is 0 Å². The monoisotopic (exact) mass is 304 g/mol. The fourth-order valence-electron chi connectivity index (χ4n) is 1.37. The van der Waals surface area contributed by atoms with Crippen molar-refractivity contribution in [3.63, 3.8) is 0 Å². The van der Waals surface area contributed by atoms with Gasteiger partial charge in [0.15, 0.2) is 0 Å². The fourth-order valence-corrected chi connectivity index (χ4v) is 1.37. The van der Waals surface area contributed by atoms with E-state index in [1.165, 1.54) is 0 Å². The van der Waals surface area contributed by atoms with Gasteiger partial charge in [0.2, 0.25) is 0 Å². The number of rotatable bonds is 11. The molecule has 0 fully saturated rings. The van der Waals surface area contributed by atoms with Crippen LogP contribution in [0.3, 0.4) is 0 Å². The largest absolute Gasteiger partial charge is 0.481 e. The Kier molecular flexibility index (Phi) is 9.57. The lowest BCUT2D eigenvalue weighted by Crippen LogP contribution is -2.22. The third kappa shape index (κ3) is 12.6. The molecule has 120 valence electrons. The summed E-state index contributed by atoms with van der Waals surface area (Å²) < 4.78 is 9.75. The smallest absolute Gasteiger partial charge is 0.306 e. The van der Waals surface area contributed by atoms with Gasteiger partial charge in [0.1, 0.15) is 12.7 Å². The average Bonchev–Trinajstić information content (AvgIpc) is 2.35. The third-order valence-corrected chi connectivity index (χ3v) is 2.35. The minimum absolute atomic E-state index is 0.00836. The topological polar surface area (TPSA) is 127 Å². The molecule has 0 aromatic carbocycles. The molecule has 0 aliphatic carbocycles. The van der Waals surface area contributed by atoms with E-state index in [0.29, 0.717) is 0 Å². The van der Waals surface area contributed by atoms with Gasteiger partial charge in [-0.1, -0.05) is 0 Å². The molecular weight excluding hydrogens is 284 g/mol. The highest BCUT2D eigenvalue weighted by atomic mass is 16.6. The van der Waals surface area contributed by atoms with Crippen LogP contribution >= 0.6 is 0 Å². The molecule has 21 heavy (non-hydrogen) atoms. The van der Waals surface area contributed by atoms with Crippen molar-refractivity contribution in [2.24, 2.45) is 0 Å². The van der Waals surface area contributed by atoms with Crippen molar-refractivity contribution < 1.29 is 38.9 Å². The second-order valence-electron chi connectivity index (χ2n) is 4.48. The molecular formula is C13H20O8. The molecule has 2 N–H and O–H groups in total. The van der Waals surface area contributed by atoms with Crippen LogP contribution in [-0.2, 0) is 28.7 Å².